The molecule has 0 bridgehead atoms. The van der Waals surface area contributed by atoms with Crippen molar-refractivity contribution in [1.29, 1.82) is 0 Å². The Labute approximate surface area is 174 Å². The summed E-state index contributed by atoms with van der Waals surface area (Å²) >= 11 is 0. The van der Waals surface area contributed by atoms with Crippen molar-refractivity contribution >= 4 is 21.9 Å². The molecule has 0 aromatic heterocycles. The number of rotatable bonds is 8. The molecule has 0 heterocycles. The Balaban J connectivity index is 1.97. The molecule has 1 aromatic carbocycles. The third kappa shape index (κ3) is 6.43. The summed E-state index contributed by atoms with van der Waals surface area (Å²) in [6.07, 6.45) is 4.59. The molecule has 0 spiro atoms. The maximum atomic E-state index is 12.7. The second-order valence-electron chi connectivity index (χ2n) is 7.75. The van der Waals surface area contributed by atoms with Crippen LogP contribution in [0.15, 0.2) is 34.2 Å². The number of benzene rings is 1. The minimum atomic E-state index is -3.67. The van der Waals surface area contributed by atoms with Gasteiger partial charge in [-0.2, -0.15) is 0 Å². The van der Waals surface area contributed by atoms with Crippen molar-refractivity contribution < 1.29 is 13.2 Å². The summed E-state index contributed by atoms with van der Waals surface area (Å²) in [6.45, 7) is 3.83. The van der Waals surface area contributed by atoms with Gasteiger partial charge >= 0.3 is 0 Å². The van der Waals surface area contributed by atoms with Gasteiger partial charge < -0.3 is 15.5 Å². The molecule has 1 fully saturated rings. The fraction of sp³-hybridized carbons (Fsp3) is 0.600. The normalized spacial score (nSPS) is 16.5. The molecule has 1 saturated carbocycles. The highest BCUT2D eigenvalue weighted by molar-refractivity contribution is 7.89. The van der Waals surface area contributed by atoms with Gasteiger partial charge in [0.15, 0.2) is 5.96 Å². The first kappa shape index (κ1) is 23.2. The highest BCUT2D eigenvalue weighted by Gasteiger charge is 2.42. The number of hydrogen-bond donors (Lipinski definition) is 3. The predicted molar refractivity (Wildman–Crippen MR) is 115 cm³/mol. The first-order valence-corrected chi connectivity index (χ1v) is 11.6. The Kier molecular flexibility index (Phi) is 8.04. The highest BCUT2D eigenvalue weighted by Crippen LogP contribution is 2.39. The molecule has 4 N–H and O–H groups in total. The number of guanidine groups is 1. The van der Waals surface area contributed by atoms with Crippen LogP contribution in [-0.4, -0.2) is 58.9 Å². The lowest BCUT2D eigenvalue weighted by atomic mass is 9.85. The fourth-order valence-electron chi connectivity index (χ4n) is 3.71. The molecule has 1 aliphatic carbocycles. The summed E-state index contributed by atoms with van der Waals surface area (Å²) < 4.78 is 22.7. The van der Waals surface area contributed by atoms with Crippen molar-refractivity contribution in [2.24, 2.45) is 15.5 Å². The van der Waals surface area contributed by atoms with Crippen molar-refractivity contribution in [3.05, 3.63) is 29.8 Å². The maximum absolute atomic E-state index is 12.7. The smallest absolute Gasteiger partial charge is 0.238 e. The van der Waals surface area contributed by atoms with Gasteiger partial charge in [-0.05, 0) is 43.9 Å². The average molecular weight is 424 g/mol. The Morgan fingerprint density at radius 2 is 1.79 bits per heavy atom. The van der Waals surface area contributed by atoms with Crippen LogP contribution in [0.2, 0.25) is 0 Å². The third-order valence-electron chi connectivity index (χ3n) is 5.26. The molecule has 2 rings (SSSR count). The molecule has 0 aliphatic heterocycles. The lowest BCUT2D eigenvalue weighted by molar-refractivity contribution is -0.138. The minimum absolute atomic E-state index is 0.108. The van der Waals surface area contributed by atoms with Crippen molar-refractivity contribution in [3.8, 4) is 0 Å². The summed E-state index contributed by atoms with van der Waals surface area (Å²) in [5.41, 5.74) is 0.603. The Bertz CT molecular complexity index is 813. The number of nitrogens with zero attached hydrogens (tertiary/aromatic N) is 2. The molecule has 9 heteroatoms. The summed E-state index contributed by atoms with van der Waals surface area (Å²) in [5.74, 6) is 0.844. The summed E-state index contributed by atoms with van der Waals surface area (Å²) in [7, 11) is -0.0666. The number of nitrogens with one attached hydrogen (secondary N) is 2. The molecule has 29 heavy (non-hydrogen) atoms. The molecule has 1 aliphatic rings. The summed E-state index contributed by atoms with van der Waals surface area (Å²) in [5, 5.41) is 11.6. The van der Waals surface area contributed by atoms with E-state index in [2.05, 4.69) is 10.6 Å². The van der Waals surface area contributed by atoms with Crippen LogP contribution < -0.4 is 15.8 Å². The van der Waals surface area contributed by atoms with Crippen molar-refractivity contribution in [2.75, 3.05) is 33.7 Å². The van der Waals surface area contributed by atoms with E-state index in [9.17, 15) is 13.2 Å². The molecule has 0 radical (unpaired) electrons. The zero-order valence-electron chi connectivity index (χ0n) is 17.6. The monoisotopic (exact) mass is 423 g/mol. The van der Waals surface area contributed by atoms with Gasteiger partial charge in [-0.25, -0.2) is 13.6 Å². The number of nitrogens with two attached hydrogens (primary N) is 1. The topological polar surface area (TPSA) is 117 Å². The number of carbonyl (C=O) groups is 1. The Hall–Kier alpha value is -2.13. The van der Waals surface area contributed by atoms with Crippen molar-refractivity contribution in [2.45, 2.75) is 43.9 Å². The van der Waals surface area contributed by atoms with Crippen LogP contribution in [-0.2, 0) is 21.2 Å². The molecule has 162 valence electrons. The SMILES string of the molecule is CCNC(=NCC1(C(=O)N(C)C)CCCC1)NCCc1ccc(S(N)(=O)=O)cc1. The van der Waals surface area contributed by atoms with Gasteiger partial charge in [-0.3, -0.25) is 9.79 Å². The highest BCUT2D eigenvalue weighted by atomic mass is 32.2. The van der Waals surface area contributed by atoms with Crippen LogP contribution in [0.3, 0.4) is 0 Å². The lowest BCUT2D eigenvalue weighted by Gasteiger charge is -2.29. The molecule has 0 atom stereocenters. The number of sulfonamides is 1. The minimum Gasteiger partial charge on any atom is -0.357 e. The number of aliphatic imine (C=N–C) groups is 1. The van der Waals surface area contributed by atoms with Crippen LogP contribution in [0.5, 0.6) is 0 Å². The van der Waals surface area contributed by atoms with E-state index in [1.165, 1.54) is 12.1 Å². The zero-order valence-corrected chi connectivity index (χ0v) is 18.4. The van der Waals surface area contributed by atoms with E-state index in [1.807, 2.05) is 6.92 Å². The summed E-state index contributed by atoms with van der Waals surface area (Å²) in [6, 6.07) is 6.55. The fourth-order valence-corrected chi connectivity index (χ4v) is 4.22. The van der Waals surface area contributed by atoms with E-state index in [4.69, 9.17) is 10.1 Å². The van der Waals surface area contributed by atoms with Crippen LogP contribution in [0.1, 0.15) is 38.2 Å². The predicted octanol–water partition coefficient (Wildman–Crippen LogP) is 1.08. The van der Waals surface area contributed by atoms with E-state index in [0.717, 1.165) is 37.8 Å². The Morgan fingerprint density at radius 3 is 2.31 bits per heavy atom. The van der Waals surface area contributed by atoms with E-state index >= 15 is 0 Å². The van der Waals surface area contributed by atoms with Crippen LogP contribution >= 0.6 is 0 Å². The van der Waals surface area contributed by atoms with Gasteiger partial charge in [-0.15, -0.1) is 0 Å². The third-order valence-corrected chi connectivity index (χ3v) is 6.19. The van der Waals surface area contributed by atoms with Crippen molar-refractivity contribution in [1.82, 2.24) is 15.5 Å². The molecule has 1 amide bonds. The second kappa shape index (κ2) is 10.1. The zero-order chi connectivity index (χ0) is 21.5. The number of amides is 1. The standard InChI is InChI=1S/C20H33N5O3S/c1-4-22-19(24-15-20(12-5-6-13-20)18(26)25(2)3)23-14-11-16-7-9-17(10-8-16)29(21,27)28/h7-10H,4-6,11-15H2,1-3H3,(H2,21,27,28)(H2,22,23,24). The molecule has 0 saturated heterocycles. The number of primary sulfonamides is 1. The van der Waals surface area contributed by atoms with E-state index in [1.54, 1.807) is 31.1 Å². The number of hydrogen-bond acceptors (Lipinski definition) is 4. The quantitative estimate of drug-likeness (QED) is 0.427. The molecule has 8 nitrogen and oxygen atoms in total. The van der Waals surface area contributed by atoms with Crippen LogP contribution in [0.4, 0.5) is 0 Å². The Morgan fingerprint density at radius 1 is 1.17 bits per heavy atom. The number of carbonyl (C=O) groups excluding carboxylic acids is 1. The molecule has 0 unspecified atom stereocenters. The first-order valence-electron chi connectivity index (χ1n) is 10.0. The van der Waals surface area contributed by atoms with Crippen LogP contribution in [0.25, 0.3) is 0 Å². The van der Waals surface area contributed by atoms with Gasteiger partial charge in [-0.1, -0.05) is 25.0 Å². The van der Waals surface area contributed by atoms with E-state index < -0.39 is 15.4 Å². The molecular formula is C20H33N5O3S. The largest absolute Gasteiger partial charge is 0.357 e. The van der Waals surface area contributed by atoms with Crippen molar-refractivity contribution in [3.63, 3.8) is 0 Å². The van der Waals surface area contributed by atoms with Gasteiger partial charge in [0.25, 0.3) is 0 Å². The van der Waals surface area contributed by atoms with Gasteiger partial charge in [0.05, 0.1) is 16.9 Å². The lowest BCUT2D eigenvalue weighted by Crippen LogP contribution is -2.43. The molecular weight excluding hydrogens is 390 g/mol. The van der Waals surface area contributed by atoms with Gasteiger partial charge in [0, 0.05) is 27.2 Å². The van der Waals surface area contributed by atoms with Gasteiger partial charge in [0.1, 0.15) is 0 Å². The van der Waals surface area contributed by atoms with Gasteiger partial charge in [0.2, 0.25) is 15.9 Å². The average Bonchev–Trinajstić information content (AvgIpc) is 3.15. The van der Waals surface area contributed by atoms with E-state index in [-0.39, 0.29) is 10.8 Å². The second-order valence-corrected chi connectivity index (χ2v) is 9.31. The van der Waals surface area contributed by atoms with Crippen LogP contribution in [0, 0.1) is 5.41 Å². The first-order chi connectivity index (χ1) is 13.7. The maximum Gasteiger partial charge on any atom is 0.238 e. The molecule has 1 aromatic rings. The van der Waals surface area contributed by atoms with E-state index in [0.29, 0.717) is 25.5 Å². The summed E-state index contributed by atoms with van der Waals surface area (Å²) in [4.78, 5) is 19.2.